The van der Waals surface area contributed by atoms with Crippen molar-refractivity contribution in [3.05, 3.63) is 102 Å². The largest absolute Gasteiger partial charge is 0.497 e. The Kier molecular flexibility index (Phi) is 6.02. The second kappa shape index (κ2) is 9.30. The molecule has 0 radical (unpaired) electrons. The first-order valence-electron chi connectivity index (χ1n) is 11.4. The van der Waals surface area contributed by atoms with Crippen LogP contribution >= 0.6 is 0 Å². The number of carbonyl (C=O) groups excluding carboxylic acids is 1. The van der Waals surface area contributed by atoms with E-state index < -0.39 is 11.6 Å². The highest BCUT2D eigenvalue weighted by atomic mass is 16.5. The Balaban J connectivity index is 1.82. The normalized spacial score (nSPS) is 13.7. The average molecular weight is 483 g/mol. The number of hydrogen-bond donors (Lipinski definition) is 0. The van der Waals surface area contributed by atoms with Gasteiger partial charge < -0.3 is 23.7 Å². The Morgan fingerprint density at radius 1 is 0.694 bits per heavy atom. The number of carbonyl (C=O) groups is 1. The number of rotatable bonds is 6. The van der Waals surface area contributed by atoms with Crippen LogP contribution < -0.4 is 18.9 Å². The monoisotopic (exact) mass is 482 g/mol. The summed E-state index contributed by atoms with van der Waals surface area (Å²) in [6.07, 6.45) is 1.83. The van der Waals surface area contributed by atoms with Crippen molar-refractivity contribution in [2.24, 2.45) is 0 Å². The zero-order valence-corrected chi connectivity index (χ0v) is 20.5. The highest BCUT2D eigenvalue weighted by molar-refractivity contribution is 6.19. The molecule has 0 saturated heterocycles. The van der Waals surface area contributed by atoms with E-state index in [1.54, 1.807) is 21.3 Å². The quantitative estimate of drug-likeness (QED) is 0.326. The predicted octanol–water partition coefficient (Wildman–Crippen LogP) is 5.76. The Bertz CT molecular complexity index is 1400. The third-order valence-electron chi connectivity index (χ3n) is 6.52. The maximum absolute atomic E-state index is 13.1. The third-order valence-corrected chi connectivity index (χ3v) is 6.52. The van der Waals surface area contributed by atoms with Crippen molar-refractivity contribution in [3.63, 3.8) is 0 Å². The van der Waals surface area contributed by atoms with Crippen LogP contribution in [0, 0.1) is 0 Å². The minimum Gasteiger partial charge on any atom is -0.497 e. The summed E-state index contributed by atoms with van der Waals surface area (Å²) in [5.74, 6) is 2.31. The number of fused-ring (bicyclic) bond motifs is 3. The van der Waals surface area contributed by atoms with Gasteiger partial charge in [0.05, 0.1) is 34.0 Å². The molecule has 5 rings (SSSR count). The Labute approximate surface area is 209 Å². The molecule has 1 aliphatic heterocycles. The molecular formula is C30H26O6. The van der Waals surface area contributed by atoms with Crippen LogP contribution in [0.2, 0.25) is 0 Å². The van der Waals surface area contributed by atoms with E-state index in [9.17, 15) is 4.79 Å². The standard InChI is InChI=1S/C30H26O6/c1-32-22-10-6-20(7-11-22)30(21-8-12-23(33-2)13-9-21)18-27(29(31)35-4)26-15-5-19-17-24(34-3)14-16-25(19)28(26)36-30/h5-18H,1-4H3. The molecule has 36 heavy (non-hydrogen) atoms. The van der Waals surface area contributed by atoms with Crippen molar-refractivity contribution in [1.29, 1.82) is 0 Å². The van der Waals surface area contributed by atoms with E-state index >= 15 is 0 Å². The molecule has 0 atom stereocenters. The second-order valence-electron chi connectivity index (χ2n) is 8.37. The van der Waals surface area contributed by atoms with Gasteiger partial charge in [-0.2, -0.15) is 0 Å². The molecule has 0 unspecified atom stereocenters. The van der Waals surface area contributed by atoms with Gasteiger partial charge in [0.1, 0.15) is 23.0 Å². The van der Waals surface area contributed by atoms with E-state index in [0.717, 1.165) is 39.1 Å². The van der Waals surface area contributed by atoms with E-state index in [1.165, 1.54) is 7.11 Å². The topological polar surface area (TPSA) is 63.2 Å². The maximum Gasteiger partial charge on any atom is 0.338 e. The van der Waals surface area contributed by atoms with Crippen LogP contribution in [0.1, 0.15) is 16.7 Å². The van der Waals surface area contributed by atoms with Crippen LogP contribution in [0.4, 0.5) is 0 Å². The first-order chi connectivity index (χ1) is 17.5. The summed E-state index contributed by atoms with van der Waals surface area (Å²) in [6, 6.07) is 24.8. The van der Waals surface area contributed by atoms with Crippen LogP contribution in [0.5, 0.6) is 23.0 Å². The molecule has 0 spiro atoms. The van der Waals surface area contributed by atoms with Gasteiger partial charge in [-0.3, -0.25) is 0 Å². The molecule has 4 aromatic rings. The highest BCUT2D eigenvalue weighted by Crippen LogP contribution is 2.48. The minimum atomic E-state index is -1.12. The molecule has 182 valence electrons. The van der Waals surface area contributed by atoms with Gasteiger partial charge in [0.25, 0.3) is 0 Å². The van der Waals surface area contributed by atoms with Crippen molar-refractivity contribution in [2.45, 2.75) is 5.60 Å². The van der Waals surface area contributed by atoms with Crippen molar-refractivity contribution in [2.75, 3.05) is 28.4 Å². The summed E-state index contributed by atoms with van der Waals surface area (Å²) in [5.41, 5.74) is 1.61. The zero-order chi connectivity index (χ0) is 25.3. The number of benzene rings is 4. The number of esters is 1. The summed E-state index contributed by atoms with van der Waals surface area (Å²) < 4.78 is 28.3. The molecule has 0 N–H and O–H groups in total. The van der Waals surface area contributed by atoms with Crippen LogP contribution in [-0.4, -0.2) is 34.4 Å². The highest BCUT2D eigenvalue weighted by Gasteiger charge is 2.41. The third kappa shape index (κ3) is 3.81. The molecule has 0 fully saturated rings. The number of hydrogen-bond acceptors (Lipinski definition) is 6. The molecular weight excluding hydrogens is 456 g/mol. The minimum absolute atomic E-state index is 0.420. The van der Waals surface area contributed by atoms with E-state index in [0.29, 0.717) is 16.9 Å². The fourth-order valence-corrected chi connectivity index (χ4v) is 4.61. The first kappa shape index (κ1) is 23.3. The lowest BCUT2D eigenvalue weighted by Crippen LogP contribution is -2.36. The molecule has 1 heterocycles. The fourth-order valence-electron chi connectivity index (χ4n) is 4.61. The Morgan fingerprint density at radius 3 is 1.78 bits per heavy atom. The molecule has 0 aliphatic carbocycles. The predicted molar refractivity (Wildman–Crippen MR) is 138 cm³/mol. The van der Waals surface area contributed by atoms with Crippen LogP contribution in [0.25, 0.3) is 16.3 Å². The van der Waals surface area contributed by atoms with Gasteiger partial charge in [0.15, 0.2) is 5.60 Å². The van der Waals surface area contributed by atoms with E-state index in [4.69, 9.17) is 23.7 Å². The molecule has 0 bridgehead atoms. The van der Waals surface area contributed by atoms with Gasteiger partial charge in [0.2, 0.25) is 0 Å². The second-order valence-corrected chi connectivity index (χ2v) is 8.37. The summed E-state index contributed by atoms with van der Waals surface area (Å²) in [4.78, 5) is 13.1. The Hall–Kier alpha value is -4.45. The lowest BCUT2D eigenvalue weighted by Gasteiger charge is -2.38. The van der Waals surface area contributed by atoms with E-state index in [-0.39, 0.29) is 0 Å². The molecule has 0 aromatic heterocycles. The summed E-state index contributed by atoms with van der Waals surface area (Å²) in [5, 5.41) is 1.78. The van der Waals surface area contributed by atoms with Crippen molar-refractivity contribution < 1.29 is 28.5 Å². The lowest BCUT2D eigenvalue weighted by atomic mass is 9.80. The molecule has 0 amide bonds. The molecule has 6 heteroatoms. The maximum atomic E-state index is 13.1. The van der Waals surface area contributed by atoms with Gasteiger partial charge >= 0.3 is 5.97 Å². The lowest BCUT2D eigenvalue weighted by molar-refractivity contribution is -0.133. The molecule has 6 nitrogen and oxygen atoms in total. The summed E-state index contributed by atoms with van der Waals surface area (Å²) in [7, 11) is 6.26. The van der Waals surface area contributed by atoms with Gasteiger partial charge in [0, 0.05) is 22.1 Å². The molecule has 4 aromatic carbocycles. The van der Waals surface area contributed by atoms with Gasteiger partial charge in [-0.25, -0.2) is 4.79 Å². The summed E-state index contributed by atoms with van der Waals surface area (Å²) in [6.45, 7) is 0. The summed E-state index contributed by atoms with van der Waals surface area (Å²) >= 11 is 0. The number of ether oxygens (including phenoxy) is 5. The van der Waals surface area contributed by atoms with Gasteiger partial charge in [-0.05, 0) is 60.0 Å². The smallest absolute Gasteiger partial charge is 0.338 e. The van der Waals surface area contributed by atoms with Crippen molar-refractivity contribution in [3.8, 4) is 23.0 Å². The van der Waals surface area contributed by atoms with Crippen molar-refractivity contribution >= 4 is 22.3 Å². The first-order valence-corrected chi connectivity index (χ1v) is 11.4. The Morgan fingerprint density at radius 2 is 1.25 bits per heavy atom. The van der Waals surface area contributed by atoms with E-state index in [1.807, 2.05) is 84.9 Å². The van der Waals surface area contributed by atoms with Crippen LogP contribution in [0.15, 0.2) is 84.9 Å². The van der Waals surface area contributed by atoms with Crippen molar-refractivity contribution in [1.82, 2.24) is 0 Å². The molecule has 0 saturated carbocycles. The zero-order valence-electron chi connectivity index (χ0n) is 20.5. The van der Waals surface area contributed by atoms with Crippen LogP contribution in [0.3, 0.4) is 0 Å². The SMILES string of the molecule is COC(=O)C1=CC(c2ccc(OC)cc2)(c2ccc(OC)cc2)Oc2c1ccc1cc(OC)ccc21. The van der Waals surface area contributed by atoms with Gasteiger partial charge in [-0.1, -0.05) is 30.3 Å². The molecule has 1 aliphatic rings. The number of methoxy groups -OCH3 is 4. The average Bonchev–Trinajstić information content (AvgIpc) is 2.95. The van der Waals surface area contributed by atoms with E-state index in [2.05, 4.69) is 0 Å². The van der Waals surface area contributed by atoms with Crippen LogP contribution in [-0.2, 0) is 15.1 Å². The van der Waals surface area contributed by atoms with Gasteiger partial charge in [-0.15, -0.1) is 0 Å². The fraction of sp³-hybridized carbons (Fsp3) is 0.167.